The van der Waals surface area contributed by atoms with Crippen LogP contribution in [0, 0.1) is 6.92 Å². The lowest BCUT2D eigenvalue weighted by Gasteiger charge is -2.10. The van der Waals surface area contributed by atoms with Crippen LogP contribution in [0.5, 0.6) is 0 Å². The van der Waals surface area contributed by atoms with Crippen LogP contribution < -0.4 is 5.32 Å². The summed E-state index contributed by atoms with van der Waals surface area (Å²) in [5.74, 6) is 0.708. The molecule has 0 amide bonds. The zero-order valence-electron chi connectivity index (χ0n) is 12.5. The minimum atomic E-state index is 0.708. The van der Waals surface area contributed by atoms with Gasteiger partial charge in [-0.15, -0.1) is 11.6 Å². The Bertz CT molecular complexity index is 595. The molecular weight excluding hydrogens is 350 g/mol. The largest absolute Gasteiger partial charge is 0.379 e. The van der Waals surface area contributed by atoms with Crippen molar-refractivity contribution in [2.45, 2.75) is 39.8 Å². The molecule has 0 bridgehead atoms. The second-order valence-corrected chi connectivity index (χ2v) is 6.18. The van der Waals surface area contributed by atoms with E-state index in [-0.39, 0.29) is 0 Å². The third-order valence-electron chi connectivity index (χ3n) is 3.44. The maximum absolute atomic E-state index is 5.75. The number of benzene rings is 1. The summed E-state index contributed by atoms with van der Waals surface area (Å²) in [4.78, 5) is 0. The summed E-state index contributed by atoms with van der Waals surface area (Å²) in [5, 5.41) is 8.00. The van der Waals surface area contributed by atoms with Crippen LogP contribution in [0.15, 0.2) is 28.7 Å². The van der Waals surface area contributed by atoms with Gasteiger partial charge in [0.25, 0.3) is 0 Å². The van der Waals surface area contributed by atoms with E-state index in [9.17, 15) is 0 Å². The Morgan fingerprint density at radius 2 is 2.19 bits per heavy atom. The van der Waals surface area contributed by atoms with Crippen LogP contribution >= 0.6 is 27.5 Å². The fourth-order valence-electron chi connectivity index (χ4n) is 2.33. The Hall–Kier alpha value is -1.00. The number of alkyl halides is 1. The number of nitrogens with zero attached hydrogens (tertiary/aromatic N) is 2. The Kier molecular flexibility index (Phi) is 6.12. The first-order valence-electron chi connectivity index (χ1n) is 7.26. The third-order valence-corrected chi connectivity index (χ3v) is 4.74. The maximum atomic E-state index is 5.75. The van der Waals surface area contributed by atoms with E-state index >= 15 is 0 Å². The van der Waals surface area contributed by atoms with Gasteiger partial charge in [-0.05, 0) is 60.3 Å². The first-order valence-corrected chi connectivity index (χ1v) is 8.59. The summed E-state index contributed by atoms with van der Waals surface area (Å²) in [5.41, 5.74) is 4.67. The van der Waals surface area contributed by atoms with Crippen molar-refractivity contribution in [3.8, 4) is 0 Å². The number of anilines is 1. The number of hydrogen-bond donors (Lipinski definition) is 1. The molecule has 0 unspecified atom stereocenters. The van der Waals surface area contributed by atoms with Crippen molar-refractivity contribution in [1.29, 1.82) is 0 Å². The van der Waals surface area contributed by atoms with Gasteiger partial charge in [-0.2, -0.15) is 5.10 Å². The maximum Gasteiger partial charge on any atom is 0.0739 e. The summed E-state index contributed by atoms with van der Waals surface area (Å²) >= 11 is 9.38. The van der Waals surface area contributed by atoms with Crippen LogP contribution in [0.4, 0.5) is 5.69 Å². The molecule has 21 heavy (non-hydrogen) atoms. The monoisotopic (exact) mass is 369 g/mol. The van der Waals surface area contributed by atoms with Gasteiger partial charge in [-0.3, -0.25) is 4.68 Å². The zero-order chi connectivity index (χ0) is 15.2. The zero-order valence-corrected chi connectivity index (χ0v) is 14.8. The molecule has 114 valence electrons. The predicted octanol–water partition coefficient (Wildman–Crippen LogP) is 4.76. The molecule has 0 radical (unpaired) electrons. The Morgan fingerprint density at radius 3 is 2.90 bits per heavy atom. The van der Waals surface area contributed by atoms with Gasteiger partial charge in [-0.1, -0.05) is 12.1 Å². The van der Waals surface area contributed by atoms with Gasteiger partial charge in [0.1, 0.15) is 0 Å². The molecule has 1 N–H and O–H groups in total. The summed E-state index contributed by atoms with van der Waals surface area (Å²) in [6.45, 7) is 5.76. The number of halogens is 2. The molecule has 3 nitrogen and oxygen atoms in total. The Balaban J connectivity index is 2.06. The molecule has 0 fully saturated rings. The van der Waals surface area contributed by atoms with E-state index < -0.39 is 0 Å². The molecule has 0 saturated carbocycles. The number of rotatable bonds is 7. The molecule has 0 aliphatic carbocycles. The van der Waals surface area contributed by atoms with Crippen LogP contribution in [0.2, 0.25) is 0 Å². The van der Waals surface area contributed by atoms with Gasteiger partial charge in [0.2, 0.25) is 0 Å². The predicted molar refractivity (Wildman–Crippen MR) is 93.1 cm³/mol. The number of nitrogens with one attached hydrogen (secondary N) is 1. The highest BCUT2D eigenvalue weighted by Crippen LogP contribution is 2.22. The smallest absolute Gasteiger partial charge is 0.0739 e. The number of hydrogen-bond acceptors (Lipinski definition) is 2. The summed E-state index contributed by atoms with van der Waals surface area (Å²) in [7, 11) is 0. The van der Waals surface area contributed by atoms with Gasteiger partial charge in [0, 0.05) is 18.1 Å². The quantitative estimate of drug-likeness (QED) is 0.712. The van der Waals surface area contributed by atoms with Gasteiger partial charge in [0.15, 0.2) is 0 Å². The highest BCUT2D eigenvalue weighted by Gasteiger charge is 2.11. The second-order valence-electron chi connectivity index (χ2n) is 5.01. The summed E-state index contributed by atoms with van der Waals surface area (Å²) in [6, 6.07) is 8.52. The van der Waals surface area contributed by atoms with Crippen LogP contribution in [0.3, 0.4) is 0 Å². The van der Waals surface area contributed by atoms with E-state index in [4.69, 9.17) is 11.6 Å². The lowest BCUT2D eigenvalue weighted by molar-refractivity contribution is 0.622. The molecule has 1 aromatic carbocycles. The highest BCUT2D eigenvalue weighted by molar-refractivity contribution is 9.10. The van der Waals surface area contributed by atoms with Crippen molar-refractivity contribution in [2.75, 3.05) is 11.2 Å². The Labute approximate surface area is 139 Å². The molecule has 2 aromatic rings. The SMILES string of the molecule is CCn1nc(C)c(Br)c1CNc1cccc(CCCCl)c1. The molecule has 1 aromatic heterocycles. The van der Waals surface area contributed by atoms with E-state index in [2.05, 4.69) is 57.5 Å². The van der Waals surface area contributed by atoms with Crippen LogP contribution in [0.1, 0.15) is 30.3 Å². The normalized spacial score (nSPS) is 10.9. The first-order chi connectivity index (χ1) is 10.2. The fourth-order valence-corrected chi connectivity index (χ4v) is 2.89. The van der Waals surface area contributed by atoms with Crippen molar-refractivity contribution in [3.05, 3.63) is 45.7 Å². The third kappa shape index (κ3) is 4.24. The van der Waals surface area contributed by atoms with Gasteiger partial charge in [-0.25, -0.2) is 0 Å². The van der Waals surface area contributed by atoms with Crippen molar-refractivity contribution >= 4 is 33.2 Å². The molecule has 0 aliphatic rings. The van der Waals surface area contributed by atoms with Gasteiger partial charge < -0.3 is 5.32 Å². The number of aryl methyl sites for hydroxylation is 3. The topological polar surface area (TPSA) is 29.9 Å². The number of aromatic nitrogens is 2. The van der Waals surface area contributed by atoms with Crippen LogP contribution in [-0.4, -0.2) is 15.7 Å². The lowest BCUT2D eigenvalue weighted by atomic mass is 10.1. The van der Waals surface area contributed by atoms with Crippen molar-refractivity contribution in [1.82, 2.24) is 9.78 Å². The average molecular weight is 371 g/mol. The van der Waals surface area contributed by atoms with Crippen molar-refractivity contribution in [2.24, 2.45) is 0 Å². The summed E-state index contributed by atoms with van der Waals surface area (Å²) < 4.78 is 3.12. The first kappa shape index (κ1) is 16.4. The van der Waals surface area contributed by atoms with Gasteiger partial charge in [0.05, 0.1) is 22.4 Å². The van der Waals surface area contributed by atoms with E-state index in [0.717, 1.165) is 41.8 Å². The summed E-state index contributed by atoms with van der Waals surface area (Å²) in [6.07, 6.45) is 2.03. The van der Waals surface area contributed by atoms with E-state index in [1.807, 2.05) is 11.6 Å². The molecule has 2 rings (SSSR count). The molecular formula is C16H21BrClN3. The average Bonchev–Trinajstić information content (AvgIpc) is 2.78. The van der Waals surface area contributed by atoms with Crippen LogP contribution in [0.25, 0.3) is 0 Å². The highest BCUT2D eigenvalue weighted by atomic mass is 79.9. The second kappa shape index (κ2) is 7.85. The van der Waals surface area contributed by atoms with Gasteiger partial charge >= 0.3 is 0 Å². The fraction of sp³-hybridized carbons (Fsp3) is 0.438. The molecule has 0 aliphatic heterocycles. The van der Waals surface area contributed by atoms with E-state index in [1.54, 1.807) is 0 Å². The molecule has 0 atom stereocenters. The van der Waals surface area contributed by atoms with E-state index in [0.29, 0.717) is 5.88 Å². The Morgan fingerprint density at radius 1 is 1.38 bits per heavy atom. The molecule has 1 heterocycles. The lowest BCUT2D eigenvalue weighted by Crippen LogP contribution is -2.08. The van der Waals surface area contributed by atoms with Crippen molar-refractivity contribution in [3.63, 3.8) is 0 Å². The minimum absolute atomic E-state index is 0.708. The van der Waals surface area contributed by atoms with Crippen molar-refractivity contribution < 1.29 is 0 Å². The molecule has 0 spiro atoms. The molecule has 0 saturated heterocycles. The van der Waals surface area contributed by atoms with E-state index in [1.165, 1.54) is 11.3 Å². The minimum Gasteiger partial charge on any atom is -0.379 e. The molecule has 5 heteroatoms. The standard InChI is InChI=1S/C16H21BrClN3/c1-3-21-15(16(17)12(2)20-21)11-19-14-8-4-6-13(10-14)7-5-9-18/h4,6,8,10,19H,3,5,7,9,11H2,1-2H3. The van der Waals surface area contributed by atoms with Crippen LogP contribution in [-0.2, 0) is 19.5 Å².